The van der Waals surface area contributed by atoms with Gasteiger partial charge in [0.25, 0.3) is 0 Å². The molecule has 2 aliphatic rings. The Bertz CT molecular complexity index is 1200. The lowest BCUT2D eigenvalue weighted by Gasteiger charge is -2.36. The zero-order chi connectivity index (χ0) is 23.5. The van der Waals surface area contributed by atoms with Crippen LogP contribution in [0.1, 0.15) is 36.9 Å². The van der Waals surface area contributed by atoms with E-state index in [1.54, 1.807) is 12.1 Å². The number of methoxy groups -OCH3 is 1. The summed E-state index contributed by atoms with van der Waals surface area (Å²) in [6.07, 6.45) is 0.562. The molecule has 0 aliphatic carbocycles. The SMILES string of the molecule is CCC1=C(C(=O)OC)C(c2cccc(C)c2)N2C(CC(=O)Nc3ccccc3F)=CSC2=N1. The van der Waals surface area contributed by atoms with Crippen LogP contribution >= 0.6 is 11.8 Å². The Morgan fingerprint density at radius 3 is 2.70 bits per heavy atom. The number of halogens is 1. The van der Waals surface area contributed by atoms with Gasteiger partial charge in [0, 0.05) is 5.70 Å². The molecule has 1 N–H and O–H groups in total. The number of thioether (sulfide) groups is 1. The monoisotopic (exact) mass is 465 g/mol. The molecule has 2 aliphatic heterocycles. The Kier molecular flexibility index (Phi) is 6.65. The van der Waals surface area contributed by atoms with E-state index in [1.807, 2.05) is 48.4 Å². The second kappa shape index (κ2) is 9.62. The summed E-state index contributed by atoms with van der Waals surface area (Å²) in [5, 5.41) is 5.18. The second-order valence-electron chi connectivity index (χ2n) is 7.72. The van der Waals surface area contributed by atoms with Crippen LogP contribution in [0, 0.1) is 12.7 Å². The van der Waals surface area contributed by atoms with Gasteiger partial charge in [0.15, 0.2) is 5.17 Å². The van der Waals surface area contributed by atoms with E-state index in [9.17, 15) is 14.0 Å². The molecule has 0 spiro atoms. The van der Waals surface area contributed by atoms with E-state index in [0.29, 0.717) is 28.6 Å². The third kappa shape index (κ3) is 4.57. The molecule has 8 heteroatoms. The molecule has 0 saturated carbocycles. The summed E-state index contributed by atoms with van der Waals surface area (Å²) in [5.74, 6) is -1.31. The molecule has 0 radical (unpaired) electrons. The predicted octanol–water partition coefficient (Wildman–Crippen LogP) is 5.30. The van der Waals surface area contributed by atoms with Crippen molar-refractivity contribution in [2.75, 3.05) is 12.4 Å². The fourth-order valence-electron chi connectivity index (χ4n) is 3.99. The van der Waals surface area contributed by atoms with Crippen molar-refractivity contribution < 1.29 is 18.7 Å². The van der Waals surface area contributed by atoms with Gasteiger partial charge in [-0.2, -0.15) is 0 Å². The molecule has 1 atom stereocenters. The van der Waals surface area contributed by atoms with Gasteiger partial charge in [0.2, 0.25) is 5.91 Å². The molecule has 33 heavy (non-hydrogen) atoms. The Balaban J connectivity index is 1.70. The zero-order valence-electron chi connectivity index (χ0n) is 18.6. The van der Waals surface area contributed by atoms with Crippen molar-refractivity contribution in [2.24, 2.45) is 4.99 Å². The van der Waals surface area contributed by atoms with Crippen molar-refractivity contribution >= 4 is 34.5 Å². The summed E-state index contributed by atoms with van der Waals surface area (Å²) < 4.78 is 19.1. The Labute approximate surface area is 196 Å². The van der Waals surface area contributed by atoms with Crippen LogP contribution in [-0.4, -0.2) is 29.1 Å². The highest BCUT2D eigenvalue weighted by molar-refractivity contribution is 8.16. The first kappa shape index (κ1) is 22.8. The third-order valence-electron chi connectivity index (χ3n) is 5.48. The molecular weight excluding hydrogens is 441 g/mol. The molecule has 170 valence electrons. The number of para-hydroxylation sites is 1. The quantitative estimate of drug-likeness (QED) is 0.586. The number of benzene rings is 2. The summed E-state index contributed by atoms with van der Waals surface area (Å²) in [5.41, 5.74) is 3.87. The molecule has 0 bridgehead atoms. The Hall–Kier alpha value is -3.39. The highest BCUT2D eigenvalue weighted by Gasteiger charge is 2.41. The normalized spacial score (nSPS) is 17.3. The van der Waals surface area contributed by atoms with Crippen LogP contribution in [0.4, 0.5) is 10.1 Å². The number of amidine groups is 1. The van der Waals surface area contributed by atoms with Crippen LogP contribution in [0.5, 0.6) is 0 Å². The van der Waals surface area contributed by atoms with E-state index in [4.69, 9.17) is 9.73 Å². The molecule has 6 nitrogen and oxygen atoms in total. The van der Waals surface area contributed by atoms with Crippen molar-refractivity contribution in [3.05, 3.63) is 87.9 Å². The minimum Gasteiger partial charge on any atom is -0.466 e. The number of nitrogens with one attached hydrogen (secondary N) is 1. The molecule has 1 amide bonds. The molecule has 1 unspecified atom stereocenters. The first-order chi connectivity index (χ1) is 15.9. The number of hydrogen-bond acceptors (Lipinski definition) is 6. The first-order valence-corrected chi connectivity index (χ1v) is 11.5. The number of carbonyl (C=O) groups excluding carboxylic acids is 2. The topological polar surface area (TPSA) is 71.0 Å². The molecule has 4 rings (SSSR count). The molecule has 0 saturated heterocycles. The number of rotatable bonds is 6. The average molecular weight is 466 g/mol. The van der Waals surface area contributed by atoms with E-state index < -0.39 is 17.8 Å². The number of ether oxygens (including phenoxy) is 1. The number of carbonyl (C=O) groups is 2. The van der Waals surface area contributed by atoms with E-state index >= 15 is 0 Å². The van der Waals surface area contributed by atoms with Gasteiger partial charge < -0.3 is 15.0 Å². The fourth-order valence-corrected chi connectivity index (χ4v) is 4.93. The lowest BCUT2D eigenvalue weighted by atomic mass is 9.92. The number of esters is 1. The van der Waals surface area contributed by atoms with Crippen molar-refractivity contribution in [3.63, 3.8) is 0 Å². The molecular formula is C25H24FN3O3S. The van der Waals surface area contributed by atoms with Crippen LogP contribution in [0.2, 0.25) is 0 Å². The number of anilines is 1. The minimum absolute atomic E-state index is 0.00141. The number of amides is 1. The smallest absolute Gasteiger partial charge is 0.338 e. The van der Waals surface area contributed by atoms with Gasteiger partial charge >= 0.3 is 5.97 Å². The van der Waals surface area contributed by atoms with E-state index in [0.717, 1.165) is 11.1 Å². The zero-order valence-corrected chi connectivity index (χ0v) is 19.4. The van der Waals surface area contributed by atoms with Crippen molar-refractivity contribution in [3.8, 4) is 0 Å². The minimum atomic E-state index is -0.498. The predicted molar refractivity (Wildman–Crippen MR) is 128 cm³/mol. The van der Waals surface area contributed by atoms with Gasteiger partial charge in [-0.15, -0.1) is 0 Å². The lowest BCUT2D eigenvalue weighted by Crippen LogP contribution is -2.37. The summed E-state index contributed by atoms with van der Waals surface area (Å²) >= 11 is 1.40. The van der Waals surface area contributed by atoms with Crippen LogP contribution in [0.25, 0.3) is 0 Å². The fraction of sp³-hybridized carbons (Fsp3) is 0.240. The van der Waals surface area contributed by atoms with Crippen molar-refractivity contribution in [1.82, 2.24) is 4.90 Å². The maximum absolute atomic E-state index is 14.0. The number of allylic oxidation sites excluding steroid dienone is 1. The van der Waals surface area contributed by atoms with Crippen LogP contribution in [0.15, 0.2) is 75.9 Å². The van der Waals surface area contributed by atoms with Gasteiger partial charge in [0.1, 0.15) is 5.82 Å². The van der Waals surface area contributed by atoms with Crippen molar-refractivity contribution in [2.45, 2.75) is 32.7 Å². The number of fused-ring (bicyclic) bond motifs is 1. The maximum atomic E-state index is 14.0. The molecule has 0 fully saturated rings. The molecule has 0 aromatic heterocycles. The first-order valence-electron chi connectivity index (χ1n) is 10.6. The standard InChI is InChI=1S/C25H24FN3O3S/c1-4-19-22(24(31)32-3)23(16-9-7-8-15(2)12-16)29-17(14-33-25(29)28-19)13-21(30)27-20-11-6-5-10-18(20)26/h5-12,14,23H,4,13H2,1-3H3,(H,27,30). The molecule has 2 aromatic carbocycles. The van der Waals surface area contributed by atoms with Gasteiger partial charge in [0.05, 0.1) is 36.5 Å². The highest BCUT2D eigenvalue weighted by atomic mass is 32.2. The van der Waals surface area contributed by atoms with Gasteiger partial charge in [-0.05, 0) is 36.4 Å². The molecule has 2 aromatic rings. The number of aliphatic imine (C=N–C) groups is 1. The number of aryl methyl sites for hydroxylation is 1. The number of nitrogens with zero attached hydrogens (tertiary/aromatic N) is 2. The van der Waals surface area contributed by atoms with Crippen LogP contribution < -0.4 is 5.32 Å². The molecule has 2 heterocycles. The van der Waals surface area contributed by atoms with Gasteiger partial charge in [-0.25, -0.2) is 14.2 Å². The van der Waals surface area contributed by atoms with E-state index in [-0.39, 0.29) is 18.0 Å². The van der Waals surface area contributed by atoms with Gasteiger partial charge in [-0.1, -0.05) is 60.6 Å². The van der Waals surface area contributed by atoms with Crippen molar-refractivity contribution in [1.29, 1.82) is 0 Å². The summed E-state index contributed by atoms with van der Waals surface area (Å²) in [6.45, 7) is 3.93. The largest absolute Gasteiger partial charge is 0.466 e. The lowest BCUT2D eigenvalue weighted by molar-refractivity contribution is -0.136. The summed E-state index contributed by atoms with van der Waals surface area (Å²) in [6, 6.07) is 13.4. The second-order valence-corrected chi connectivity index (χ2v) is 8.55. The van der Waals surface area contributed by atoms with E-state index in [1.165, 1.54) is 31.0 Å². The van der Waals surface area contributed by atoms with Crippen LogP contribution in [-0.2, 0) is 14.3 Å². The van der Waals surface area contributed by atoms with Crippen LogP contribution in [0.3, 0.4) is 0 Å². The van der Waals surface area contributed by atoms with Gasteiger partial charge in [-0.3, -0.25) is 4.79 Å². The summed E-state index contributed by atoms with van der Waals surface area (Å²) in [4.78, 5) is 32.3. The Morgan fingerprint density at radius 2 is 2.00 bits per heavy atom. The van der Waals surface area contributed by atoms with E-state index in [2.05, 4.69) is 5.32 Å². The number of hydrogen-bond donors (Lipinski definition) is 1. The maximum Gasteiger partial charge on any atom is 0.338 e. The Morgan fingerprint density at radius 1 is 1.21 bits per heavy atom. The highest BCUT2D eigenvalue weighted by Crippen LogP contribution is 2.45. The average Bonchev–Trinajstić information content (AvgIpc) is 3.20. The third-order valence-corrected chi connectivity index (χ3v) is 6.37. The summed E-state index contributed by atoms with van der Waals surface area (Å²) in [7, 11) is 1.35.